The number of hydrogen-bond acceptors (Lipinski definition) is 9. The maximum atomic E-state index is 12.4. The Morgan fingerprint density at radius 1 is 1.05 bits per heavy atom. The van der Waals surface area contributed by atoms with Crippen LogP contribution in [0.1, 0.15) is 77.2 Å². The van der Waals surface area contributed by atoms with Crippen LogP contribution in [0.2, 0.25) is 18.1 Å². The van der Waals surface area contributed by atoms with Gasteiger partial charge in [-0.25, -0.2) is 9.36 Å². The number of nitro groups is 2. The van der Waals surface area contributed by atoms with Gasteiger partial charge in [-0.05, 0) is 105 Å². The molecule has 0 aliphatic rings. The number of rotatable bonds is 13. The van der Waals surface area contributed by atoms with Gasteiger partial charge in [-0.15, -0.1) is 0 Å². The Morgan fingerprint density at radius 3 is 2.10 bits per heavy atom. The van der Waals surface area contributed by atoms with E-state index in [2.05, 4.69) is 23.7 Å². The predicted octanol–water partition coefficient (Wildman–Crippen LogP) is 5.69. The molecule has 1 aromatic carbocycles. The predicted molar refractivity (Wildman–Crippen MR) is 155 cm³/mol. The molecule has 40 heavy (non-hydrogen) atoms. The van der Waals surface area contributed by atoms with Crippen LogP contribution in [-0.4, -0.2) is 61.1 Å². The van der Waals surface area contributed by atoms with Crippen molar-refractivity contribution < 1.29 is 24.2 Å². The molecule has 12 nitrogen and oxygen atoms in total. The summed E-state index contributed by atoms with van der Waals surface area (Å²) in [5.74, 6) is -1.58. The zero-order chi connectivity index (χ0) is 30.7. The second-order valence-corrected chi connectivity index (χ2v) is 17.5. The van der Waals surface area contributed by atoms with Crippen LogP contribution in [0.15, 0.2) is 30.5 Å². The van der Waals surface area contributed by atoms with Crippen LogP contribution in [0.25, 0.3) is 0 Å². The monoisotopic (exact) mass is 577 g/mol. The van der Waals surface area contributed by atoms with Crippen molar-refractivity contribution in [2.75, 3.05) is 6.54 Å². The van der Waals surface area contributed by atoms with Crippen molar-refractivity contribution in [3.63, 3.8) is 0 Å². The van der Waals surface area contributed by atoms with Gasteiger partial charge in [0.15, 0.2) is 14.5 Å². The number of ether oxygens (including phenoxy) is 1. The molecule has 13 heteroatoms. The maximum absolute atomic E-state index is 12.4. The van der Waals surface area contributed by atoms with E-state index in [9.17, 15) is 29.8 Å². The number of imidazole rings is 1. The lowest BCUT2D eigenvalue weighted by atomic mass is 9.98. The first-order chi connectivity index (χ1) is 18.1. The van der Waals surface area contributed by atoms with Gasteiger partial charge < -0.3 is 29.8 Å². The van der Waals surface area contributed by atoms with Gasteiger partial charge in [-0.2, -0.15) is 0 Å². The number of nitrogens with zero attached hydrogens (tertiary/aromatic N) is 5. The summed E-state index contributed by atoms with van der Waals surface area (Å²) in [4.78, 5) is 50.3. The van der Waals surface area contributed by atoms with E-state index in [4.69, 9.17) is 4.74 Å². The Labute approximate surface area is 236 Å². The standard InChI is InChI=1S/C27H43N5O7Si/c1-25(2,3)39-23(33)21-13-11-20(12-14-21)17-30(16-10-15-27(6,7)40(8,9)38)26(4,5)19-29-18-22(31(34)35)28-24(29)32(36)37/h11-14,18,38H,10,15-17,19H2,1-9H3. The van der Waals surface area contributed by atoms with Crippen LogP contribution in [-0.2, 0) is 17.8 Å². The Hall–Kier alpha value is -3.16. The minimum Gasteiger partial charge on any atom is -0.456 e. The lowest BCUT2D eigenvalue weighted by Crippen LogP contribution is -2.47. The molecule has 0 unspecified atom stereocenters. The largest absolute Gasteiger partial charge is 0.456 e. The highest BCUT2D eigenvalue weighted by molar-refractivity contribution is 6.72. The van der Waals surface area contributed by atoms with E-state index >= 15 is 0 Å². The Bertz CT molecular complexity index is 1210. The van der Waals surface area contributed by atoms with Crippen molar-refractivity contribution in [3.05, 3.63) is 61.8 Å². The number of carbonyl (C=O) groups excluding carboxylic acids is 1. The van der Waals surface area contributed by atoms with E-state index in [1.165, 1.54) is 4.57 Å². The topological polar surface area (TPSA) is 154 Å². The van der Waals surface area contributed by atoms with E-state index < -0.39 is 47.0 Å². The summed E-state index contributed by atoms with van der Waals surface area (Å²) in [6, 6.07) is 7.12. The lowest BCUT2D eigenvalue weighted by molar-refractivity contribution is -0.403. The molecule has 2 aromatic rings. The number of carbonyl (C=O) groups is 1. The van der Waals surface area contributed by atoms with Gasteiger partial charge in [0.1, 0.15) is 5.60 Å². The lowest BCUT2D eigenvalue weighted by Gasteiger charge is -2.40. The second kappa shape index (κ2) is 12.1. The average molecular weight is 578 g/mol. The van der Waals surface area contributed by atoms with Crippen molar-refractivity contribution in [2.24, 2.45) is 0 Å². The molecule has 1 heterocycles. The van der Waals surface area contributed by atoms with E-state index in [-0.39, 0.29) is 11.6 Å². The molecule has 0 fully saturated rings. The normalized spacial score (nSPS) is 13.0. The van der Waals surface area contributed by atoms with Crippen molar-refractivity contribution in [1.29, 1.82) is 0 Å². The van der Waals surface area contributed by atoms with Gasteiger partial charge in [-0.3, -0.25) is 4.90 Å². The molecule has 2 rings (SSSR count). The van der Waals surface area contributed by atoms with Gasteiger partial charge in [0, 0.05) is 12.1 Å². The molecule has 0 amide bonds. The number of benzene rings is 1. The maximum Gasteiger partial charge on any atom is 0.439 e. The second-order valence-electron chi connectivity index (χ2n) is 13.0. The molecule has 1 N–H and O–H groups in total. The quantitative estimate of drug-likeness (QED) is 0.137. The molecule has 0 atom stereocenters. The van der Waals surface area contributed by atoms with E-state index in [0.717, 1.165) is 24.6 Å². The molecule has 0 saturated carbocycles. The summed E-state index contributed by atoms with van der Waals surface area (Å²) in [6.07, 6.45) is 2.63. The van der Waals surface area contributed by atoms with E-state index in [0.29, 0.717) is 18.7 Å². The van der Waals surface area contributed by atoms with Crippen LogP contribution in [0.5, 0.6) is 0 Å². The molecule has 0 aliphatic heterocycles. The van der Waals surface area contributed by atoms with Crippen LogP contribution < -0.4 is 0 Å². The number of esters is 1. The fourth-order valence-electron chi connectivity index (χ4n) is 4.18. The van der Waals surface area contributed by atoms with Gasteiger partial charge in [0.05, 0.1) is 12.1 Å². The fraction of sp³-hybridized carbons (Fsp3) is 0.630. The summed E-state index contributed by atoms with van der Waals surface area (Å²) in [6.45, 7) is 18.4. The fourth-order valence-corrected chi connectivity index (χ4v) is 4.97. The first-order valence-electron chi connectivity index (χ1n) is 13.3. The SMILES string of the molecule is CC(C)(C)OC(=O)c1ccc(CN(CCCC(C)(C)[Si](C)(C)O)C(C)(C)Cn2cc([N+](=O)[O-])nc2[N+](=O)[O-])cc1. The molecule has 0 bridgehead atoms. The van der Waals surface area contributed by atoms with Crippen LogP contribution in [0, 0.1) is 20.2 Å². The third kappa shape index (κ3) is 8.93. The van der Waals surface area contributed by atoms with Gasteiger partial charge >= 0.3 is 17.7 Å². The molecular formula is C27H43N5O7Si. The highest BCUT2D eigenvalue weighted by Crippen LogP contribution is 2.40. The Kier molecular flexibility index (Phi) is 10.0. The molecule has 0 radical (unpaired) electrons. The first-order valence-corrected chi connectivity index (χ1v) is 16.2. The molecule has 0 saturated heterocycles. The summed E-state index contributed by atoms with van der Waals surface area (Å²) >= 11 is 0. The van der Waals surface area contributed by atoms with Crippen molar-refractivity contribution >= 4 is 26.1 Å². The Balaban J connectivity index is 2.34. The minimum atomic E-state index is -2.41. The Morgan fingerprint density at radius 2 is 1.62 bits per heavy atom. The van der Waals surface area contributed by atoms with Crippen molar-refractivity contribution in [2.45, 2.75) is 104 Å². The minimum absolute atomic E-state index is 0.0871. The molecule has 1 aromatic heterocycles. The molecule has 222 valence electrons. The van der Waals surface area contributed by atoms with E-state index in [1.54, 1.807) is 32.9 Å². The first kappa shape index (κ1) is 33.0. The third-order valence-corrected chi connectivity index (χ3v) is 10.9. The summed E-state index contributed by atoms with van der Waals surface area (Å²) in [5.41, 5.74) is 0.0613. The highest BCUT2D eigenvalue weighted by atomic mass is 28.4. The smallest absolute Gasteiger partial charge is 0.439 e. The van der Waals surface area contributed by atoms with Crippen molar-refractivity contribution in [3.8, 4) is 0 Å². The van der Waals surface area contributed by atoms with Crippen LogP contribution in [0.3, 0.4) is 0 Å². The zero-order valence-electron chi connectivity index (χ0n) is 25.1. The summed E-state index contributed by atoms with van der Waals surface area (Å²) in [7, 11) is -2.41. The van der Waals surface area contributed by atoms with Gasteiger partial charge in [0.2, 0.25) is 0 Å². The zero-order valence-corrected chi connectivity index (χ0v) is 26.1. The molecule has 0 spiro atoms. The summed E-state index contributed by atoms with van der Waals surface area (Å²) in [5, 5.41) is 22.6. The average Bonchev–Trinajstić information content (AvgIpc) is 3.20. The van der Waals surface area contributed by atoms with Crippen molar-refractivity contribution in [1.82, 2.24) is 14.5 Å². The van der Waals surface area contributed by atoms with Crippen LogP contribution >= 0.6 is 0 Å². The molecular weight excluding hydrogens is 534 g/mol. The summed E-state index contributed by atoms with van der Waals surface area (Å²) < 4.78 is 6.66. The van der Waals surface area contributed by atoms with Gasteiger partial charge in [-0.1, -0.05) is 26.0 Å². The van der Waals surface area contributed by atoms with E-state index in [1.807, 2.05) is 39.1 Å². The third-order valence-electron chi connectivity index (χ3n) is 7.35. The van der Waals surface area contributed by atoms with Crippen LogP contribution in [0.4, 0.5) is 11.8 Å². The highest BCUT2D eigenvalue weighted by Gasteiger charge is 2.38. The molecule has 0 aliphatic carbocycles. The number of aromatic nitrogens is 2. The number of hydrogen-bond donors (Lipinski definition) is 1. The van der Waals surface area contributed by atoms with Gasteiger partial charge in [0.25, 0.3) is 0 Å².